The highest BCUT2D eigenvalue weighted by molar-refractivity contribution is 6.30. The van der Waals surface area contributed by atoms with Gasteiger partial charge in [0.05, 0.1) is 0 Å². The second-order valence-corrected chi connectivity index (χ2v) is 5.54. The zero-order valence-corrected chi connectivity index (χ0v) is 12.5. The molecule has 19 heavy (non-hydrogen) atoms. The predicted molar refractivity (Wildman–Crippen MR) is 80.9 cm³/mol. The lowest BCUT2D eigenvalue weighted by atomic mass is 9.98. The van der Waals surface area contributed by atoms with Crippen LogP contribution in [0, 0.1) is 0 Å². The Morgan fingerprint density at radius 3 is 2.63 bits per heavy atom. The molecule has 1 aromatic carbocycles. The van der Waals surface area contributed by atoms with Gasteiger partial charge in [-0.05, 0) is 50.1 Å². The molecule has 0 atom stereocenters. The highest BCUT2D eigenvalue weighted by atomic mass is 35.5. The van der Waals surface area contributed by atoms with Gasteiger partial charge in [0.1, 0.15) is 0 Å². The van der Waals surface area contributed by atoms with Gasteiger partial charge in [0.25, 0.3) is 0 Å². The summed E-state index contributed by atoms with van der Waals surface area (Å²) in [5.41, 5.74) is 1.76. The van der Waals surface area contributed by atoms with Crippen molar-refractivity contribution in [1.82, 2.24) is 0 Å². The van der Waals surface area contributed by atoms with Crippen LogP contribution in [0.25, 0.3) is 6.08 Å². The van der Waals surface area contributed by atoms with Crippen molar-refractivity contribution in [2.75, 3.05) is 11.9 Å². The van der Waals surface area contributed by atoms with Crippen molar-refractivity contribution in [3.05, 3.63) is 34.9 Å². The molecule has 0 bridgehead atoms. The zero-order valence-electron chi connectivity index (χ0n) is 11.8. The van der Waals surface area contributed by atoms with Gasteiger partial charge in [-0.25, -0.2) is 4.79 Å². The summed E-state index contributed by atoms with van der Waals surface area (Å²) in [6.07, 6.45) is 3.68. The maximum absolute atomic E-state index is 10.7. The molecule has 0 aliphatic rings. The lowest BCUT2D eigenvalue weighted by molar-refractivity contribution is -0.131. The topological polar surface area (TPSA) is 40.5 Å². The second kappa shape index (κ2) is 6.11. The lowest BCUT2D eigenvalue weighted by Gasteiger charge is -2.37. The number of carboxylic acids is 1. The lowest BCUT2D eigenvalue weighted by Crippen LogP contribution is -2.40. The molecule has 0 fully saturated rings. The van der Waals surface area contributed by atoms with Crippen molar-refractivity contribution in [3.63, 3.8) is 0 Å². The minimum absolute atomic E-state index is 0.0142. The number of anilines is 1. The van der Waals surface area contributed by atoms with E-state index in [2.05, 4.69) is 25.7 Å². The molecule has 0 unspecified atom stereocenters. The first-order valence-corrected chi connectivity index (χ1v) is 6.60. The van der Waals surface area contributed by atoms with Gasteiger partial charge in [-0.3, -0.25) is 0 Å². The van der Waals surface area contributed by atoms with E-state index >= 15 is 0 Å². The number of rotatable bonds is 5. The van der Waals surface area contributed by atoms with E-state index in [1.807, 2.05) is 19.2 Å². The van der Waals surface area contributed by atoms with E-state index in [-0.39, 0.29) is 5.54 Å². The standard InChI is InChI=1S/C15H20ClNO2/c1-5-15(2,3)17(4)13-8-7-12(16)10-11(13)6-9-14(18)19/h6-10H,5H2,1-4H3,(H,18,19)/b9-6+. The Bertz CT molecular complexity index is 495. The third kappa shape index (κ3) is 4.00. The van der Waals surface area contributed by atoms with Crippen molar-refractivity contribution in [1.29, 1.82) is 0 Å². The number of hydrogen-bond donors (Lipinski definition) is 1. The predicted octanol–water partition coefficient (Wildman–Crippen LogP) is 4.06. The number of aliphatic carboxylic acids is 1. The van der Waals surface area contributed by atoms with Gasteiger partial charge in [-0.1, -0.05) is 18.5 Å². The van der Waals surface area contributed by atoms with Crippen LogP contribution in [-0.2, 0) is 4.79 Å². The molecule has 0 aliphatic carbocycles. The van der Waals surface area contributed by atoms with Crippen LogP contribution >= 0.6 is 11.6 Å². The molecule has 0 amide bonds. The number of nitrogens with zero attached hydrogens (tertiary/aromatic N) is 1. The van der Waals surface area contributed by atoms with Crippen LogP contribution in [0.2, 0.25) is 5.02 Å². The minimum atomic E-state index is -0.969. The molecule has 0 aliphatic heterocycles. The Morgan fingerprint density at radius 2 is 2.11 bits per heavy atom. The number of carbonyl (C=O) groups is 1. The third-order valence-corrected chi connectivity index (χ3v) is 3.76. The van der Waals surface area contributed by atoms with E-state index in [9.17, 15) is 4.79 Å². The maximum atomic E-state index is 10.7. The number of hydrogen-bond acceptors (Lipinski definition) is 2. The van der Waals surface area contributed by atoms with Crippen LogP contribution in [0.15, 0.2) is 24.3 Å². The van der Waals surface area contributed by atoms with Crippen molar-refractivity contribution in [2.45, 2.75) is 32.7 Å². The summed E-state index contributed by atoms with van der Waals surface area (Å²) in [6.45, 7) is 6.41. The third-order valence-electron chi connectivity index (χ3n) is 3.53. The summed E-state index contributed by atoms with van der Waals surface area (Å²) in [6, 6.07) is 5.51. The Morgan fingerprint density at radius 1 is 1.47 bits per heavy atom. The van der Waals surface area contributed by atoms with Crippen molar-refractivity contribution in [3.8, 4) is 0 Å². The van der Waals surface area contributed by atoms with E-state index in [1.54, 1.807) is 12.1 Å². The molecule has 0 radical (unpaired) electrons. The fourth-order valence-corrected chi connectivity index (χ4v) is 1.87. The summed E-state index contributed by atoms with van der Waals surface area (Å²) in [7, 11) is 2.00. The summed E-state index contributed by atoms with van der Waals surface area (Å²) < 4.78 is 0. The Hall–Kier alpha value is -1.48. The van der Waals surface area contributed by atoms with Crippen LogP contribution in [-0.4, -0.2) is 23.7 Å². The van der Waals surface area contributed by atoms with E-state index in [0.717, 1.165) is 23.7 Å². The molecular weight excluding hydrogens is 262 g/mol. The largest absolute Gasteiger partial charge is 0.478 e. The molecule has 1 aromatic rings. The highest BCUT2D eigenvalue weighted by Gasteiger charge is 2.22. The van der Waals surface area contributed by atoms with Gasteiger partial charge in [0.2, 0.25) is 0 Å². The van der Waals surface area contributed by atoms with Gasteiger partial charge in [-0.15, -0.1) is 0 Å². The number of benzene rings is 1. The maximum Gasteiger partial charge on any atom is 0.328 e. The van der Waals surface area contributed by atoms with E-state index in [4.69, 9.17) is 16.7 Å². The highest BCUT2D eigenvalue weighted by Crippen LogP contribution is 2.30. The van der Waals surface area contributed by atoms with Crippen LogP contribution in [0.1, 0.15) is 32.8 Å². The molecule has 0 aromatic heterocycles. The minimum Gasteiger partial charge on any atom is -0.478 e. The average molecular weight is 282 g/mol. The average Bonchev–Trinajstić information content (AvgIpc) is 2.35. The number of carboxylic acid groups (broad SMARTS) is 1. The molecule has 1 N–H and O–H groups in total. The van der Waals surface area contributed by atoms with E-state index in [0.29, 0.717) is 5.02 Å². The SMILES string of the molecule is CCC(C)(C)N(C)c1ccc(Cl)cc1/C=C/C(=O)O. The Labute approximate surface area is 119 Å². The molecule has 0 saturated heterocycles. The van der Waals surface area contributed by atoms with Gasteiger partial charge in [0.15, 0.2) is 0 Å². The van der Waals surface area contributed by atoms with Gasteiger partial charge >= 0.3 is 5.97 Å². The van der Waals surface area contributed by atoms with Crippen molar-refractivity contribution in [2.24, 2.45) is 0 Å². The molecule has 0 saturated carbocycles. The Balaban J connectivity index is 3.23. The fraction of sp³-hybridized carbons (Fsp3) is 0.400. The first-order valence-electron chi connectivity index (χ1n) is 6.22. The van der Waals surface area contributed by atoms with Crippen LogP contribution < -0.4 is 4.90 Å². The monoisotopic (exact) mass is 281 g/mol. The molecule has 0 heterocycles. The van der Waals surface area contributed by atoms with Gasteiger partial charge in [0, 0.05) is 29.4 Å². The zero-order chi connectivity index (χ0) is 14.6. The summed E-state index contributed by atoms with van der Waals surface area (Å²) in [4.78, 5) is 12.8. The van der Waals surface area contributed by atoms with Crippen LogP contribution in [0.3, 0.4) is 0 Å². The van der Waals surface area contributed by atoms with Gasteiger partial charge in [-0.2, -0.15) is 0 Å². The van der Waals surface area contributed by atoms with Crippen LogP contribution in [0.5, 0.6) is 0 Å². The normalized spacial score (nSPS) is 11.8. The fourth-order valence-electron chi connectivity index (χ4n) is 1.69. The van der Waals surface area contributed by atoms with Crippen molar-refractivity contribution >= 4 is 29.3 Å². The molecule has 1 rings (SSSR count). The van der Waals surface area contributed by atoms with E-state index < -0.39 is 5.97 Å². The van der Waals surface area contributed by atoms with Gasteiger partial charge < -0.3 is 10.0 Å². The van der Waals surface area contributed by atoms with Crippen molar-refractivity contribution < 1.29 is 9.90 Å². The molecule has 4 heteroatoms. The molecule has 3 nitrogen and oxygen atoms in total. The van der Waals surface area contributed by atoms with E-state index in [1.165, 1.54) is 0 Å². The summed E-state index contributed by atoms with van der Waals surface area (Å²) in [5, 5.41) is 9.34. The van der Waals surface area contributed by atoms with Crippen LogP contribution in [0.4, 0.5) is 5.69 Å². The first kappa shape index (κ1) is 15.6. The quantitative estimate of drug-likeness (QED) is 0.827. The first-order chi connectivity index (χ1) is 8.77. The molecule has 104 valence electrons. The molecular formula is C15H20ClNO2. The summed E-state index contributed by atoms with van der Waals surface area (Å²) >= 11 is 5.99. The molecule has 0 spiro atoms. The second-order valence-electron chi connectivity index (χ2n) is 5.10. The number of halogens is 1. The summed E-state index contributed by atoms with van der Waals surface area (Å²) in [5.74, 6) is -0.969. The Kier molecular flexibility index (Phi) is 5.01. The smallest absolute Gasteiger partial charge is 0.328 e.